The first-order valence-corrected chi connectivity index (χ1v) is 6.46. The van der Waals surface area contributed by atoms with Gasteiger partial charge in [0.1, 0.15) is 5.52 Å². The molecule has 1 unspecified atom stereocenters. The van der Waals surface area contributed by atoms with Crippen molar-refractivity contribution in [2.24, 2.45) is 5.92 Å². The van der Waals surface area contributed by atoms with Crippen LogP contribution in [0.25, 0.3) is 11.1 Å². The van der Waals surface area contributed by atoms with Crippen molar-refractivity contribution >= 4 is 22.7 Å². The van der Waals surface area contributed by atoms with Gasteiger partial charge in [-0.2, -0.15) is 0 Å². The van der Waals surface area contributed by atoms with Crippen LogP contribution in [0.4, 0.5) is 5.69 Å². The van der Waals surface area contributed by atoms with Crippen molar-refractivity contribution < 1.29 is 9.21 Å². The molecular weight excluding hydrogens is 242 g/mol. The van der Waals surface area contributed by atoms with E-state index in [1.807, 2.05) is 32.2 Å². The smallest absolute Gasteiger partial charge is 0.228 e. The molecule has 0 aliphatic heterocycles. The van der Waals surface area contributed by atoms with E-state index < -0.39 is 0 Å². The highest BCUT2D eigenvalue weighted by Crippen LogP contribution is 2.20. The molecule has 0 fully saturated rings. The van der Waals surface area contributed by atoms with Crippen molar-refractivity contribution in [1.29, 1.82) is 0 Å². The molecule has 0 radical (unpaired) electrons. The van der Waals surface area contributed by atoms with E-state index in [0.29, 0.717) is 12.4 Å². The molecule has 0 spiro atoms. The lowest BCUT2D eigenvalue weighted by molar-refractivity contribution is -0.119. The SMILES string of the molecule is CCC(CNC)C(=O)Nc1ccc2oc(C)nc2c1. The molecule has 0 bridgehead atoms. The van der Waals surface area contributed by atoms with Crippen LogP contribution in [-0.4, -0.2) is 24.5 Å². The zero-order chi connectivity index (χ0) is 13.8. The van der Waals surface area contributed by atoms with Crippen molar-refractivity contribution in [3.63, 3.8) is 0 Å². The van der Waals surface area contributed by atoms with E-state index >= 15 is 0 Å². The predicted octanol–water partition coefficient (Wildman–Crippen LogP) is 2.32. The Bertz CT molecular complexity index is 577. The highest BCUT2D eigenvalue weighted by Gasteiger charge is 2.15. The number of hydrogen-bond acceptors (Lipinski definition) is 4. The van der Waals surface area contributed by atoms with E-state index in [4.69, 9.17) is 4.42 Å². The third kappa shape index (κ3) is 3.12. The summed E-state index contributed by atoms with van der Waals surface area (Å²) in [6.07, 6.45) is 0.804. The zero-order valence-electron chi connectivity index (χ0n) is 11.5. The van der Waals surface area contributed by atoms with Crippen molar-refractivity contribution in [1.82, 2.24) is 10.3 Å². The van der Waals surface area contributed by atoms with Crippen molar-refractivity contribution in [2.75, 3.05) is 18.9 Å². The van der Waals surface area contributed by atoms with Crippen LogP contribution in [0.2, 0.25) is 0 Å². The molecule has 2 aromatic rings. The standard InChI is InChI=1S/C14H19N3O2/c1-4-10(8-15-3)14(18)17-11-5-6-13-12(7-11)16-9(2)19-13/h5-7,10,15H,4,8H2,1-3H3,(H,17,18). The molecule has 0 aliphatic rings. The minimum absolute atomic E-state index is 0.0245. The van der Waals surface area contributed by atoms with Gasteiger partial charge in [0.25, 0.3) is 0 Å². The van der Waals surface area contributed by atoms with E-state index in [0.717, 1.165) is 23.2 Å². The third-order valence-corrected chi connectivity index (χ3v) is 3.08. The molecule has 19 heavy (non-hydrogen) atoms. The minimum atomic E-state index is -0.0280. The van der Waals surface area contributed by atoms with E-state index in [2.05, 4.69) is 15.6 Å². The number of amides is 1. The number of anilines is 1. The van der Waals surface area contributed by atoms with Gasteiger partial charge in [-0.3, -0.25) is 4.79 Å². The monoisotopic (exact) mass is 261 g/mol. The number of carbonyl (C=O) groups is 1. The first-order valence-electron chi connectivity index (χ1n) is 6.46. The van der Waals surface area contributed by atoms with Crippen LogP contribution >= 0.6 is 0 Å². The highest BCUT2D eigenvalue weighted by atomic mass is 16.3. The number of aryl methyl sites for hydroxylation is 1. The Morgan fingerprint density at radius 2 is 2.26 bits per heavy atom. The number of oxazole rings is 1. The average Bonchev–Trinajstić information content (AvgIpc) is 2.75. The number of nitrogens with one attached hydrogen (secondary N) is 2. The van der Waals surface area contributed by atoms with Gasteiger partial charge in [0.15, 0.2) is 11.5 Å². The lowest BCUT2D eigenvalue weighted by Gasteiger charge is -2.14. The molecular formula is C14H19N3O2. The fourth-order valence-corrected chi connectivity index (χ4v) is 2.03. The first-order chi connectivity index (χ1) is 9.13. The van der Waals surface area contributed by atoms with Crippen LogP contribution in [0.5, 0.6) is 0 Å². The molecule has 5 nitrogen and oxygen atoms in total. The Morgan fingerprint density at radius 3 is 2.95 bits per heavy atom. The molecule has 2 rings (SSSR count). The van der Waals surface area contributed by atoms with Gasteiger partial charge in [-0.25, -0.2) is 4.98 Å². The Labute approximate surface area is 112 Å². The van der Waals surface area contributed by atoms with Crippen LogP contribution in [-0.2, 0) is 4.79 Å². The van der Waals surface area contributed by atoms with Crippen molar-refractivity contribution in [3.05, 3.63) is 24.1 Å². The Morgan fingerprint density at radius 1 is 1.47 bits per heavy atom. The summed E-state index contributed by atoms with van der Waals surface area (Å²) in [7, 11) is 1.85. The lowest BCUT2D eigenvalue weighted by atomic mass is 10.1. The summed E-state index contributed by atoms with van der Waals surface area (Å²) >= 11 is 0. The molecule has 1 heterocycles. The third-order valence-electron chi connectivity index (χ3n) is 3.08. The largest absolute Gasteiger partial charge is 0.441 e. The van der Waals surface area contributed by atoms with Gasteiger partial charge in [-0.05, 0) is 31.7 Å². The molecule has 1 aromatic heterocycles. The summed E-state index contributed by atoms with van der Waals surface area (Å²) < 4.78 is 5.40. The van der Waals surface area contributed by atoms with Gasteiger partial charge in [0.2, 0.25) is 5.91 Å². The minimum Gasteiger partial charge on any atom is -0.441 e. The maximum atomic E-state index is 12.1. The Hall–Kier alpha value is -1.88. The summed E-state index contributed by atoms with van der Waals surface area (Å²) in [6, 6.07) is 5.48. The Balaban J connectivity index is 2.13. The van der Waals surface area contributed by atoms with E-state index in [1.165, 1.54) is 0 Å². The van der Waals surface area contributed by atoms with Gasteiger partial charge in [-0.1, -0.05) is 6.92 Å². The topological polar surface area (TPSA) is 67.2 Å². The number of hydrogen-bond donors (Lipinski definition) is 2. The molecule has 102 valence electrons. The zero-order valence-corrected chi connectivity index (χ0v) is 11.5. The summed E-state index contributed by atoms with van der Waals surface area (Å²) in [4.78, 5) is 16.3. The first kappa shape index (κ1) is 13.5. The molecule has 0 saturated carbocycles. The molecule has 0 saturated heterocycles. The van der Waals surface area contributed by atoms with Crippen LogP contribution in [0, 0.1) is 12.8 Å². The molecule has 0 aliphatic carbocycles. The van der Waals surface area contributed by atoms with Crippen LogP contribution in [0.1, 0.15) is 19.2 Å². The summed E-state index contributed by atoms with van der Waals surface area (Å²) in [5, 5.41) is 5.95. The average molecular weight is 261 g/mol. The van der Waals surface area contributed by atoms with Crippen molar-refractivity contribution in [3.8, 4) is 0 Å². The summed E-state index contributed by atoms with van der Waals surface area (Å²) in [5.41, 5.74) is 2.25. The maximum absolute atomic E-state index is 12.1. The molecule has 5 heteroatoms. The quantitative estimate of drug-likeness (QED) is 0.866. The fraction of sp³-hybridized carbons (Fsp3) is 0.429. The Kier molecular flexibility index (Phi) is 4.16. The van der Waals surface area contributed by atoms with Gasteiger partial charge in [-0.15, -0.1) is 0 Å². The lowest BCUT2D eigenvalue weighted by Crippen LogP contribution is -2.30. The van der Waals surface area contributed by atoms with E-state index in [9.17, 15) is 4.79 Å². The number of aromatic nitrogens is 1. The maximum Gasteiger partial charge on any atom is 0.228 e. The van der Waals surface area contributed by atoms with Crippen LogP contribution < -0.4 is 10.6 Å². The van der Waals surface area contributed by atoms with Gasteiger partial charge < -0.3 is 15.1 Å². The number of carbonyl (C=O) groups excluding carboxylic acids is 1. The van der Waals surface area contributed by atoms with Gasteiger partial charge in [0, 0.05) is 19.2 Å². The second-order valence-electron chi connectivity index (χ2n) is 4.57. The van der Waals surface area contributed by atoms with E-state index in [1.54, 1.807) is 6.92 Å². The second-order valence-corrected chi connectivity index (χ2v) is 4.57. The second kappa shape index (κ2) is 5.84. The number of rotatable bonds is 5. The normalized spacial score (nSPS) is 12.6. The number of fused-ring (bicyclic) bond motifs is 1. The molecule has 2 N–H and O–H groups in total. The molecule has 1 amide bonds. The van der Waals surface area contributed by atoms with E-state index in [-0.39, 0.29) is 11.8 Å². The van der Waals surface area contributed by atoms with Gasteiger partial charge in [0.05, 0.1) is 5.92 Å². The summed E-state index contributed by atoms with van der Waals surface area (Å²) in [6.45, 7) is 4.48. The fourth-order valence-electron chi connectivity index (χ4n) is 2.03. The van der Waals surface area contributed by atoms with Gasteiger partial charge >= 0.3 is 0 Å². The summed E-state index contributed by atoms with van der Waals surface area (Å²) in [5.74, 6) is 0.622. The van der Waals surface area contributed by atoms with Crippen LogP contribution in [0.15, 0.2) is 22.6 Å². The van der Waals surface area contributed by atoms with Crippen LogP contribution in [0.3, 0.4) is 0 Å². The number of benzene rings is 1. The molecule has 1 aromatic carbocycles. The number of nitrogens with zero attached hydrogens (tertiary/aromatic N) is 1. The highest BCUT2D eigenvalue weighted by molar-refractivity contribution is 5.94. The predicted molar refractivity (Wildman–Crippen MR) is 75.1 cm³/mol. The van der Waals surface area contributed by atoms with Crippen molar-refractivity contribution in [2.45, 2.75) is 20.3 Å². The molecule has 1 atom stereocenters.